The number of aliphatic carboxylic acids is 1. The highest BCUT2D eigenvalue weighted by Gasteiger charge is 2.41. The first-order chi connectivity index (χ1) is 9.13. The van der Waals surface area contributed by atoms with Crippen molar-refractivity contribution in [2.45, 2.75) is 45.6 Å². The fourth-order valence-electron chi connectivity index (χ4n) is 3.10. The SMILES string of the molecule is CCC(c1cccs1)N1CCC(CC)(C(=O)O)CC1. The first-order valence-corrected chi connectivity index (χ1v) is 8.02. The van der Waals surface area contributed by atoms with Gasteiger partial charge in [-0.1, -0.05) is 19.9 Å². The molecule has 3 nitrogen and oxygen atoms in total. The van der Waals surface area contributed by atoms with Gasteiger partial charge in [0.15, 0.2) is 0 Å². The van der Waals surface area contributed by atoms with Gasteiger partial charge in [0, 0.05) is 10.9 Å². The number of hydrogen-bond acceptors (Lipinski definition) is 3. The molecule has 0 saturated carbocycles. The second-order valence-corrected chi connectivity index (χ2v) is 6.39. The summed E-state index contributed by atoms with van der Waals surface area (Å²) >= 11 is 1.80. The molecule has 1 atom stereocenters. The van der Waals surface area contributed by atoms with Crippen molar-refractivity contribution in [2.75, 3.05) is 13.1 Å². The maximum Gasteiger partial charge on any atom is 0.309 e. The van der Waals surface area contributed by atoms with Gasteiger partial charge < -0.3 is 5.11 Å². The molecular weight excluding hydrogens is 258 g/mol. The van der Waals surface area contributed by atoms with Crippen LogP contribution in [0.4, 0.5) is 0 Å². The van der Waals surface area contributed by atoms with E-state index in [0.717, 1.165) is 38.8 Å². The van der Waals surface area contributed by atoms with Gasteiger partial charge in [0.2, 0.25) is 0 Å². The monoisotopic (exact) mass is 281 g/mol. The normalized spacial score (nSPS) is 21.2. The maximum absolute atomic E-state index is 11.5. The van der Waals surface area contributed by atoms with Crippen LogP contribution in [0.3, 0.4) is 0 Å². The number of piperidine rings is 1. The minimum absolute atomic E-state index is 0.462. The van der Waals surface area contributed by atoms with Crippen molar-refractivity contribution in [3.8, 4) is 0 Å². The van der Waals surface area contributed by atoms with Crippen LogP contribution < -0.4 is 0 Å². The lowest BCUT2D eigenvalue weighted by atomic mass is 9.76. The number of carboxylic acids is 1. The standard InChI is InChI=1S/C15H23NO2S/c1-3-12(13-6-5-11-19-13)16-9-7-15(4-2,8-10-16)14(17)18/h5-6,11-12H,3-4,7-10H2,1-2H3,(H,17,18). The third-order valence-corrected chi connectivity index (χ3v) is 5.56. The Morgan fingerprint density at radius 3 is 2.58 bits per heavy atom. The average Bonchev–Trinajstić information content (AvgIpc) is 2.94. The summed E-state index contributed by atoms with van der Waals surface area (Å²) in [6.07, 6.45) is 3.39. The van der Waals surface area contributed by atoms with Gasteiger partial charge in [-0.2, -0.15) is 0 Å². The first-order valence-electron chi connectivity index (χ1n) is 7.14. The Morgan fingerprint density at radius 1 is 1.47 bits per heavy atom. The number of carboxylic acid groups (broad SMARTS) is 1. The molecule has 2 heterocycles. The number of carbonyl (C=O) groups is 1. The Kier molecular flexibility index (Phi) is 4.63. The second kappa shape index (κ2) is 6.06. The summed E-state index contributed by atoms with van der Waals surface area (Å²) in [4.78, 5) is 15.3. The highest BCUT2D eigenvalue weighted by molar-refractivity contribution is 7.10. The largest absolute Gasteiger partial charge is 0.481 e. The van der Waals surface area contributed by atoms with Crippen LogP contribution in [0.5, 0.6) is 0 Å². The molecule has 1 aliphatic rings. The van der Waals surface area contributed by atoms with Crippen molar-refractivity contribution in [1.82, 2.24) is 4.90 Å². The van der Waals surface area contributed by atoms with Gasteiger partial charge in [-0.05, 0) is 50.2 Å². The molecule has 2 rings (SSSR count). The van der Waals surface area contributed by atoms with Gasteiger partial charge in [-0.15, -0.1) is 11.3 Å². The number of rotatable bonds is 5. The van der Waals surface area contributed by atoms with E-state index >= 15 is 0 Å². The molecule has 0 amide bonds. The van der Waals surface area contributed by atoms with Gasteiger partial charge in [-0.3, -0.25) is 9.69 Å². The highest BCUT2D eigenvalue weighted by atomic mass is 32.1. The van der Waals surface area contributed by atoms with Crippen molar-refractivity contribution in [1.29, 1.82) is 0 Å². The van der Waals surface area contributed by atoms with Crippen LogP contribution in [0, 0.1) is 5.41 Å². The van der Waals surface area contributed by atoms with Crippen molar-refractivity contribution < 1.29 is 9.90 Å². The van der Waals surface area contributed by atoms with Gasteiger partial charge in [0.05, 0.1) is 5.41 Å². The molecule has 1 N–H and O–H groups in total. The Morgan fingerprint density at radius 2 is 2.16 bits per heavy atom. The zero-order valence-electron chi connectivity index (χ0n) is 11.8. The summed E-state index contributed by atoms with van der Waals surface area (Å²) in [5, 5.41) is 11.6. The minimum atomic E-state index is -0.612. The van der Waals surface area contributed by atoms with Gasteiger partial charge in [0.1, 0.15) is 0 Å². The fraction of sp³-hybridized carbons (Fsp3) is 0.667. The van der Waals surface area contributed by atoms with E-state index in [1.807, 2.05) is 6.92 Å². The zero-order valence-corrected chi connectivity index (χ0v) is 12.6. The molecule has 1 aromatic rings. The van der Waals surface area contributed by atoms with Crippen molar-refractivity contribution in [2.24, 2.45) is 5.41 Å². The number of likely N-dealkylation sites (tertiary alicyclic amines) is 1. The second-order valence-electron chi connectivity index (χ2n) is 5.41. The maximum atomic E-state index is 11.5. The Hall–Kier alpha value is -0.870. The molecule has 0 aliphatic carbocycles. The van der Waals surface area contributed by atoms with E-state index in [9.17, 15) is 9.90 Å². The van der Waals surface area contributed by atoms with Crippen LogP contribution in [0.1, 0.15) is 50.4 Å². The van der Waals surface area contributed by atoms with E-state index in [1.165, 1.54) is 4.88 Å². The third kappa shape index (κ3) is 2.84. The molecule has 0 spiro atoms. The molecule has 1 fully saturated rings. The van der Waals surface area contributed by atoms with Crippen LogP contribution in [-0.2, 0) is 4.79 Å². The third-order valence-electron chi connectivity index (χ3n) is 4.58. The summed E-state index contributed by atoms with van der Waals surface area (Å²) < 4.78 is 0. The molecule has 4 heteroatoms. The smallest absolute Gasteiger partial charge is 0.309 e. The summed E-state index contributed by atoms with van der Waals surface area (Å²) in [5.41, 5.74) is -0.482. The van der Waals surface area contributed by atoms with E-state index < -0.39 is 11.4 Å². The predicted octanol–water partition coefficient (Wildman–Crippen LogP) is 3.78. The minimum Gasteiger partial charge on any atom is -0.481 e. The molecule has 0 aromatic carbocycles. The van der Waals surface area contributed by atoms with Crippen LogP contribution in [0.25, 0.3) is 0 Å². The van der Waals surface area contributed by atoms with Gasteiger partial charge >= 0.3 is 5.97 Å². The summed E-state index contributed by atoms with van der Waals surface area (Å²) in [7, 11) is 0. The Labute approximate surface area is 119 Å². The Balaban J connectivity index is 2.04. The summed E-state index contributed by atoms with van der Waals surface area (Å²) in [6.45, 7) is 6.01. The molecule has 0 radical (unpaired) electrons. The van der Waals surface area contributed by atoms with Crippen LogP contribution in [0.2, 0.25) is 0 Å². The Bertz CT molecular complexity index is 408. The lowest BCUT2D eigenvalue weighted by Gasteiger charge is -2.41. The van der Waals surface area contributed by atoms with E-state index in [0.29, 0.717) is 6.04 Å². The molecular formula is C15H23NO2S. The van der Waals surface area contributed by atoms with E-state index in [2.05, 4.69) is 29.3 Å². The first kappa shape index (κ1) is 14.5. The van der Waals surface area contributed by atoms with Crippen LogP contribution >= 0.6 is 11.3 Å². The lowest BCUT2D eigenvalue weighted by Crippen LogP contribution is -2.45. The van der Waals surface area contributed by atoms with Crippen molar-refractivity contribution in [3.05, 3.63) is 22.4 Å². The average molecular weight is 281 g/mol. The highest BCUT2D eigenvalue weighted by Crippen LogP contribution is 2.39. The molecule has 19 heavy (non-hydrogen) atoms. The molecule has 1 saturated heterocycles. The van der Waals surface area contributed by atoms with E-state index in [1.54, 1.807) is 11.3 Å². The lowest BCUT2D eigenvalue weighted by molar-refractivity contribution is -0.152. The van der Waals surface area contributed by atoms with Crippen LogP contribution in [-0.4, -0.2) is 29.1 Å². The van der Waals surface area contributed by atoms with Crippen molar-refractivity contribution in [3.63, 3.8) is 0 Å². The zero-order chi connectivity index (χ0) is 13.9. The van der Waals surface area contributed by atoms with Crippen LogP contribution in [0.15, 0.2) is 17.5 Å². The number of hydrogen-bond donors (Lipinski definition) is 1. The predicted molar refractivity (Wildman–Crippen MR) is 78.5 cm³/mol. The van der Waals surface area contributed by atoms with E-state index in [4.69, 9.17) is 0 Å². The molecule has 1 aliphatic heterocycles. The van der Waals surface area contributed by atoms with Gasteiger partial charge in [0.25, 0.3) is 0 Å². The quantitative estimate of drug-likeness (QED) is 0.893. The van der Waals surface area contributed by atoms with Gasteiger partial charge in [-0.25, -0.2) is 0 Å². The summed E-state index contributed by atoms with van der Waals surface area (Å²) in [6, 6.07) is 4.75. The fourth-order valence-corrected chi connectivity index (χ4v) is 4.05. The number of thiophene rings is 1. The summed E-state index contributed by atoms with van der Waals surface area (Å²) in [5.74, 6) is -0.612. The molecule has 0 bridgehead atoms. The molecule has 1 aromatic heterocycles. The molecule has 1 unspecified atom stereocenters. The molecule has 106 valence electrons. The topological polar surface area (TPSA) is 40.5 Å². The van der Waals surface area contributed by atoms with Crippen molar-refractivity contribution >= 4 is 17.3 Å². The van der Waals surface area contributed by atoms with E-state index in [-0.39, 0.29) is 0 Å². The number of nitrogens with zero attached hydrogens (tertiary/aromatic N) is 1.